The summed E-state index contributed by atoms with van der Waals surface area (Å²) in [5.74, 6) is 1.47. The van der Waals surface area contributed by atoms with Gasteiger partial charge in [-0.3, -0.25) is 4.98 Å². The van der Waals surface area contributed by atoms with Gasteiger partial charge in [-0.05, 0) is 64.2 Å². The van der Waals surface area contributed by atoms with E-state index in [2.05, 4.69) is 208 Å². The van der Waals surface area contributed by atoms with Crippen LogP contribution < -0.4 is 5.19 Å². The Kier molecular flexibility index (Phi) is 12.4. The van der Waals surface area contributed by atoms with Crippen molar-refractivity contribution in [1.29, 1.82) is 0 Å². The van der Waals surface area contributed by atoms with Gasteiger partial charge in [0.15, 0.2) is 0 Å². The van der Waals surface area contributed by atoms with Gasteiger partial charge >= 0.3 is 0 Å². The van der Waals surface area contributed by atoms with E-state index in [0.29, 0.717) is 5.92 Å². The Bertz CT molecular complexity index is 3070. The molecule has 62 heavy (non-hydrogen) atoms. The molecule has 3 heterocycles. The molecule has 0 aliphatic carbocycles. The minimum absolute atomic E-state index is 0. The fraction of sp³-hybridized carbons (Fsp3) is 0.143. The standard InChI is InChI=1S/C38H25N2O.C18H24NSi.Ir/c1-25-19-20-28-22-32-33(24-41-36(32)23-29(28)21-25)38-39-34-17-8-9-18-35(34)40(38)37-30(26-11-4-2-5-12-26)15-10-16-31(37)27-13-6-3-7-14-27;1-14(2)11-16-12-17(15-9-7-6-8-10-15)19-13-18(16)20(3,4)5;/h2-23H,1H3;6-9,12-14H,11H2,1-5H3;/q2*-1;. The molecule has 3 aromatic heterocycles. The summed E-state index contributed by atoms with van der Waals surface area (Å²) in [5, 5.41) is 4.81. The Hall–Kier alpha value is -6.17. The van der Waals surface area contributed by atoms with Crippen LogP contribution in [0.5, 0.6) is 0 Å². The molecule has 4 nitrogen and oxygen atoms in total. The van der Waals surface area contributed by atoms with Crippen LogP contribution in [0.25, 0.3) is 83.4 Å². The zero-order valence-electron chi connectivity index (χ0n) is 36.0. The normalized spacial score (nSPS) is 11.5. The second-order valence-electron chi connectivity index (χ2n) is 17.3. The van der Waals surface area contributed by atoms with Crippen LogP contribution in [0, 0.1) is 25.2 Å². The molecule has 7 aromatic carbocycles. The molecule has 1 radical (unpaired) electrons. The summed E-state index contributed by atoms with van der Waals surface area (Å²) in [6.45, 7) is 13.8. The van der Waals surface area contributed by atoms with Gasteiger partial charge in [-0.25, -0.2) is 0 Å². The third-order valence-electron chi connectivity index (χ3n) is 11.3. The second kappa shape index (κ2) is 18.0. The summed E-state index contributed by atoms with van der Waals surface area (Å²) >= 11 is 0. The third kappa shape index (κ3) is 8.64. The summed E-state index contributed by atoms with van der Waals surface area (Å²) in [6, 6.07) is 60.4. The van der Waals surface area contributed by atoms with Gasteiger partial charge in [0, 0.05) is 49.3 Å². The number of para-hydroxylation sites is 3. The SMILES string of the molecule is CC(C)Cc1cc(-c2[c-]cccc2)ncc1[Si](C)(C)C.Cc1ccc2cc3c(-c4nc5ccccc5n4-c4c(-c5ccccc5)cccc4-c4ccccc4)[c-]oc3cc2c1.[Ir]. The molecule has 0 saturated heterocycles. The fourth-order valence-electron chi connectivity index (χ4n) is 8.39. The van der Waals surface area contributed by atoms with Crippen LogP contribution in [0.4, 0.5) is 0 Å². The average molecular weight is 1000 g/mol. The van der Waals surface area contributed by atoms with E-state index in [1.807, 2.05) is 24.3 Å². The summed E-state index contributed by atoms with van der Waals surface area (Å²) < 4.78 is 8.38. The number of aromatic nitrogens is 3. The zero-order chi connectivity index (χ0) is 42.1. The molecule has 10 rings (SSSR count). The molecule has 0 aliphatic rings. The van der Waals surface area contributed by atoms with Crippen LogP contribution >= 0.6 is 0 Å². The van der Waals surface area contributed by atoms with Crippen molar-refractivity contribution in [1.82, 2.24) is 14.5 Å². The summed E-state index contributed by atoms with van der Waals surface area (Å²) in [7, 11) is -1.34. The van der Waals surface area contributed by atoms with E-state index < -0.39 is 8.07 Å². The van der Waals surface area contributed by atoms with Gasteiger partial charge in [-0.15, -0.1) is 35.9 Å². The zero-order valence-corrected chi connectivity index (χ0v) is 39.4. The van der Waals surface area contributed by atoms with Gasteiger partial charge in [-0.2, -0.15) is 0 Å². The molecule has 0 N–H and O–H groups in total. The number of nitrogens with zero attached hydrogens (tertiary/aromatic N) is 3. The topological polar surface area (TPSA) is 43.9 Å². The molecule has 6 heteroatoms. The molecule has 10 aromatic rings. The van der Waals surface area contributed by atoms with Crippen molar-refractivity contribution >= 4 is 46.0 Å². The molecular formula is C56H49IrN3OSi-2. The summed E-state index contributed by atoms with van der Waals surface area (Å²) in [5.41, 5.74) is 14.0. The third-order valence-corrected chi connectivity index (χ3v) is 13.3. The van der Waals surface area contributed by atoms with Crippen molar-refractivity contribution < 1.29 is 24.5 Å². The quantitative estimate of drug-likeness (QED) is 0.113. The maximum absolute atomic E-state index is 6.09. The average Bonchev–Trinajstić information content (AvgIpc) is 3.86. The van der Waals surface area contributed by atoms with E-state index in [-0.39, 0.29) is 20.1 Å². The van der Waals surface area contributed by atoms with Crippen LogP contribution in [0.1, 0.15) is 25.0 Å². The molecule has 0 bridgehead atoms. The number of pyridine rings is 1. The molecule has 0 fully saturated rings. The van der Waals surface area contributed by atoms with E-state index in [4.69, 9.17) is 9.40 Å². The predicted molar refractivity (Wildman–Crippen MR) is 258 cm³/mol. The van der Waals surface area contributed by atoms with E-state index in [1.165, 1.54) is 16.3 Å². The van der Waals surface area contributed by atoms with Gasteiger partial charge in [-0.1, -0.05) is 183 Å². The Balaban J connectivity index is 0.000000214. The minimum atomic E-state index is -1.34. The first-order valence-corrected chi connectivity index (χ1v) is 24.7. The molecule has 0 spiro atoms. The number of hydrogen-bond acceptors (Lipinski definition) is 3. The minimum Gasteiger partial charge on any atom is -0.557 e. The van der Waals surface area contributed by atoms with Crippen molar-refractivity contribution in [2.24, 2.45) is 5.92 Å². The van der Waals surface area contributed by atoms with Gasteiger partial charge in [0.25, 0.3) is 0 Å². The van der Waals surface area contributed by atoms with Gasteiger partial charge in [0.1, 0.15) is 0 Å². The molecule has 0 unspecified atom stereocenters. The first kappa shape index (κ1) is 42.5. The number of imidazole rings is 1. The van der Waals surface area contributed by atoms with E-state index in [9.17, 15) is 0 Å². The van der Waals surface area contributed by atoms with E-state index in [0.717, 1.165) is 89.8 Å². The molecule has 0 atom stereocenters. The summed E-state index contributed by atoms with van der Waals surface area (Å²) in [4.78, 5) is 9.90. The van der Waals surface area contributed by atoms with Crippen LogP contribution in [0.15, 0.2) is 174 Å². The van der Waals surface area contributed by atoms with Crippen molar-refractivity contribution in [3.8, 4) is 50.6 Å². The summed E-state index contributed by atoms with van der Waals surface area (Å²) in [6.07, 6.45) is 6.49. The van der Waals surface area contributed by atoms with Gasteiger partial charge < -0.3 is 14.0 Å². The van der Waals surface area contributed by atoms with E-state index in [1.54, 1.807) is 0 Å². The predicted octanol–water partition coefficient (Wildman–Crippen LogP) is 14.3. The van der Waals surface area contributed by atoms with Crippen molar-refractivity contribution in [3.05, 3.63) is 193 Å². The monoisotopic (exact) mass is 1000 g/mol. The Labute approximate surface area is 379 Å². The largest absolute Gasteiger partial charge is 0.557 e. The first-order chi connectivity index (χ1) is 29.6. The number of benzene rings is 7. The first-order valence-electron chi connectivity index (χ1n) is 21.2. The molecule has 0 aliphatic heterocycles. The van der Waals surface area contributed by atoms with Crippen molar-refractivity contribution in [2.45, 2.75) is 46.8 Å². The van der Waals surface area contributed by atoms with E-state index >= 15 is 0 Å². The van der Waals surface area contributed by atoms with Crippen molar-refractivity contribution in [3.63, 3.8) is 0 Å². The van der Waals surface area contributed by atoms with Crippen LogP contribution in [0.3, 0.4) is 0 Å². The maximum atomic E-state index is 6.09. The number of fused-ring (bicyclic) bond motifs is 3. The van der Waals surface area contributed by atoms with Crippen LogP contribution in [0.2, 0.25) is 19.6 Å². The fourth-order valence-corrected chi connectivity index (χ4v) is 9.98. The number of furan rings is 1. The Morgan fingerprint density at radius 1 is 0.694 bits per heavy atom. The molecule has 0 saturated carbocycles. The van der Waals surface area contributed by atoms with Crippen LogP contribution in [-0.2, 0) is 26.5 Å². The molecule has 0 amide bonds. The maximum Gasteiger partial charge on any atom is 0.0798 e. The van der Waals surface area contributed by atoms with Crippen LogP contribution in [-0.4, -0.2) is 22.6 Å². The number of hydrogen-bond donors (Lipinski definition) is 0. The molecule has 309 valence electrons. The number of rotatable bonds is 8. The van der Waals surface area contributed by atoms with Gasteiger partial charge in [0.2, 0.25) is 0 Å². The smallest absolute Gasteiger partial charge is 0.0798 e. The Morgan fingerprint density at radius 2 is 1.37 bits per heavy atom. The second-order valence-corrected chi connectivity index (χ2v) is 22.4. The molecular weight excluding hydrogens is 951 g/mol. The Morgan fingerprint density at radius 3 is 2.03 bits per heavy atom. The van der Waals surface area contributed by atoms with Gasteiger partial charge in [0.05, 0.1) is 30.6 Å². The number of aryl methyl sites for hydroxylation is 1. The van der Waals surface area contributed by atoms with Crippen molar-refractivity contribution in [2.75, 3.05) is 0 Å².